The monoisotopic (exact) mass is 150 g/mol. The van der Waals surface area contributed by atoms with Gasteiger partial charge in [-0.05, 0) is 18.1 Å². The molecule has 0 aromatic heterocycles. The molecule has 0 radical (unpaired) electrons. The summed E-state index contributed by atoms with van der Waals surface area (Å²) in [4.78, 5) is 0. The standard InChI is InChI=1S/C10H14O/c1-3-5-6-10-9(4-2)7-8-11-10/h4-6H,2-3,7-8H2,1H3/b6-5-. The fraction of sp³-hybridized carbons (Fsp3) is 0.400. The second-order valence-corrected chi connectivity index (χ2v) is 2.50. The minimum atomic E-state index is 0.810. The highest BCUT2D eigenvalue weighted by Gasteiger charge is 2.09. The Kier molecular flexibility index (Phi) is 2.96. The number of allylic oxidation sites excluding steroid dienone is 3. The van der Waals surface area contributed by atoms with Crippen LogP contribution in [0.2, 0.25) is 0 Å². The van der Waals surface area contributed by atoms with Gasteiger partial charge in [-0.3, -0.25) is 0 Å². The highest BCUT2D eigenvalue weighted by atomic mass is 16.5. The van der Waals surface area contributed by atoms with Crippen molar-refractivity contribution in [3.8, 4) is 0 Å². The molecule has 1 aliphatic heterocycles. The first-order valence-electron chi connectivity index (χ1n) is 4.03. The van der Waals surface area contributed by atoms with Gasteiger partial charge in [0.2, 0.25) is 0 Å². The van der Waals surface area contributed by atoms with E-state index in [0.29, 0.717) is 0 Å². The third-order valence-electron chi connectivity index (χ3n) is 1.70. The Morgan fingerprint density at radius 3 is 3.09 bits per heavy atom. The van der Waals surface area contributed by atoms with E-state index in [-0.39, 0.29) is 0 Å². The molecule has 60 valence electrons. The fourth-order valence-electron chi connectivity index (χ4n) is 1.07. The molecule has 0 aliphatic carbocycles. The van der Waals surface area contributed by atoms with Crippen molar-refractivity contribution in [2.45, 2.75) is 19.8 Å². The molecule has 0 aromatic carbocycles. The normalized spacial score (nSPS) is 17.5. The third kappa shape index (κ3) is 1.97. The van der Waals surface area contributed by atoms with Gasteiger partial charge in [-0.2, -0.15) is 0 Å². The van der Waals surface area contributed by atoms with Crippen LogP contribution in [0.1, 0.15) is 19.8 Å². The van der Waals surface area contributed by atoms with Crippen LogP contribution in [-0.2, 0) is 4.74 Å². The number of hydrogen-bond acceptors (Lipinski definition) is 1. The quantitative estimate of drug-likeness (QED) is 0.601. The molecule has 1 heteroatoms. The van der Waals surface area contributed by atoms with Gasteiger partial charge in [0, 0.05) is 6.42 Å². The predicted octanol–water partition coefficient (Wildman–Crippen LogP) is 2.81. The van der Waals surface area contributed by atoms with Crippen LogP contribution in [0.15, 0.2) is 36.1 Å². The van der Waals surface area contributed by atoms with Crippen LogP contribution in [-0.4, -0.2) is 6.61 Å². The van der Waals surface area contributed by atoms with Crippen molar-refractivity contribution >= 4 is 0 Å². The van der Waals surface area contributed by atoms with Gasteiger partial charge in [0.05, 0.1) is 6.61 Å². The van der Waals surface area contributed by atoms with E-state index in [1.165, 1.54) is 5.57 Å². The van der Waals surface area contributed by atoms with Crippen LogP contribution in [0.4, 0.5) is 0 Å². The van der Waals surface area contributed by atoms with Gasteiger partial charge in [0.1, 0.15) is 5.76 Å². The summed E-state index contributed by atoms with van der Waals surface area (Å²) >= 11 is 0. The molecule has 0 spiro atoms. The summed E-state index contributed by atoms with van der Waals surface area (Å²) in [5, 5.41) is 0. The summed E-state index contributed by atoms with van der Waals surface area (Å²) in [5.41, 5.74) is 1.23. The van der Waals surface area contributed by atoms with Crippen LogP contribution in [0.25, 0.3) is 0 Å². The SMILES string of the molecule is C=CC1=C(/C=C\CC)OCC1. The molecular formula is C10H14O. The van der Waals surface area contributed by atoms with Gasteiger partial charge >= 0.3 is 0 Å². The van der Waals surface area contributed by atoms with Crippen molar-refractivity contribution < 1.29 is 4.74 Å². The van der Waals surface area contributed by atoms with Crippen molar-refractivity contribution in [1.29, 1.82) is 0 Å². The zero-order chi connectivity index (χ0) is 8.10. The van der Waals surface area contributed by atoms with E-state index in [9.17, 15) is 0 Å². The maximum atomic E-state index is 5.38. The highest BCUT2D eigenvalue weighted by Crippen LogP contribution is 2.20. The summed E-state index contributed by atoms with van der Waals surface area (Å²) < 4.78 is 5.38. The first kappa shape index (κ1) is 8.12. The molecule has 0 fully saturated rings. The van der Waals surface area contributed by atoms with E-state index in [2.05, 4.69) is 19.6 Å². The molecule has 1 heterocycles. The smallest absolute Gasteiger partial charge is 0.122 e. The van der Waals surface area contributed by atoms with E-state index in [1.54, 1.807) is 0 Å². The average molecular weight is 150 g/mol. The minimum Gasteiger partial charge on any atom is -0.493 e. The van der Waals surface area contributed by atoms with Crippen molar-refractivity contribution in [3.05, 3.63) is 36.1 Å². The first-order chi connectivity index (χ1) is 5.38. The Hall–Kier alpha value is -0.980. The fourth-order valence-corrected chi connectivity index (χ4v) is 1.07. The summed E-state index contributed by atoms with van der Waals surface area (Å²) in [5.74, 6) is 1.00. The topological polar surface area (TPSA) is 9.23 Å². The lowest BCUT2D eigenvalue weighted by Crippen LogP contribution is -1.79. The Morgan fingerprint density at radius 2 is 2.45 bits per heavy atom. The van der Waals surface area contributed by atoms with Crippen LogP contribution in [0, 0.1) is 0 Å². The van der Waals surface area contributed by atoms with Gasteiger partial charge in [-0.1, -0.05) is 25.7 Å². The van der Waals surface area contributed by atoms with Crippen molar-refractivity contribution in [2.24, 2.45) is 0 Å². The maximum Gasteiger partial charge on any atom is 0.122 e. The average Bonchev–Trinajstić information content (AvgIpc) is 2.47. The Bertz CT molecular complexity index is 199. The molecule has 0 saturated carbocycles. The summed E-state index contributed by atoms with van der Waals surface area (Å²) in [6, 6.07) is 0. The molecule has 0 unspecified atom stereocenters. The lowest BCUT2D eigenvalue weighted by atomic mass is 10.2. The number of rotatable bonds is 3. The largest absolute Gasteiger partial charge is 0.493 e. The van der Waals surface area contributed by atoms with Crippen LogP contribution in [0.3, 0.4) is 0 Å². The van der Waals surface area contributed by atoms with Gasteiger partial charge in [-0.15, -0.1) is 0 Å². The molecule has 1 rings (SSSR count). The summed E-state index contributed by atoms with van der Waals surface area (Å²) in [6.45, 7) is 6.65. The molecule has 11 heavy (non-hydrogen) atoms. The molecule has 1 aliphatic rings. The second kappa shape index (κ2) is 4.02. The lowest BCUT2D eigenvalue weighted by molar-refractivity contribution is 0.257. The van der Waals surface area contributed by atoms with E-state index < -0.39 is 0 Å². The van der Waals surface area contributed by atoms with Crippen LogP contribution >= 0.6 is 0 Å². The second-order valence-electron chi connectivity index (χ2n) is 2.50. The molecule has 0 atom stereocenters. The molecule has 0 saturated heterocycles. The zero-order valence-corrected chi connectivity index (χ0v) is 6.97. The van der Waals surface area contributed by atoms with E-state index in [0.717, 1.165) is 25.2 Å². The minimum absolute atomic E-state index is 0.810. The summed E-state index contributed by atoms with van der Waals surface area (Å²) in [6.07, 6.45) is 8.07. The van der Waals surface area contributed by atoms with Crippen LogP contribution in [0.5, 0.6) is 0 Å². The molecule has 1 nitrogen and oxygen atoms in total. The Morgan fingerprint density at radius 1 is 1.64 bits per heavy atom. The number of ether oxygens (including phenoxy) is 1. The molecule has 0 aromatic rings. The number of hydrogen-bond donors (Lipinski definition) is 0. The Balaban J connectivity index is 2.66. The molecule has 0 amide bonds. The summed E-state index contributed by atoms with van der Waals surface area (Å²) in [7, 11) is 0. The molecular weight excluding hydrogens is 136 g/mol. The van der Waals surface area contributed by atoms with Gasteiger partial charge < -0.3 is 4.74 Å². The van der Waals surface area contributed by atoms with Crippen molar-refractivity contribution in [3.63, 3.8) is 0 Å². The van der Waals surface area contributed by atoms with Gasteiger partial charge in [-0.25, -0.2) is 0 Å². The molecule has 0 N–H and O–H groups in total. The van der Waals surface area contributed by atoms with Crippen molar-refractivity contribution in [1.82, 2.24) is 0 Å². The van der Waals surface area contributed by atoms with Crippen LogP contribution < -0.4 is 0 Å². The highest BCUT2D eigenvalue weighted by molar-refractivity contribution is 5.30. The predicted molar refractivity (Wildman–Crippen MR) is 47.2 cm³/mol. The maximum absolute atomic E-state index is 5.38. The van der Waals surface area contributed by atoms with E-state index >= 15 is 0 Å². The Labute approximate surface area is 68.1 Å². The van der Waals surface area contributed by atoms with Crippen molar-refractivity contribution in [2.75, 3.05) is 6.61 Å². The molecule has 0 bridgehead atoms. The van der Waals surface area contributed by atoms with E-state index in [1.807, 2.05) is 12.2 Å². The zero-order valence-electron chi connectivity index (χ0n) is 6.97. The van der Waals surface area contributed by atoms with E-state index in [4.69, 9.17) is 4.74 Å². The van der Waals surface area contributed by atoms with Gasteiger partial charge in [0.25, 0.3) is 0 Å². The van der Waals surface area contributed by atoms with Gasteiger partial charge in [0.15, 0.2) is 0 Å². The third-order valence-corrected chi connectivity index (χ3v) is 1.70. The first-order valence-corrected chi connectivity index (χ1v) is 4.03. The lowest BCUT2D eigenvalue weighted by Gasteiger charge is -1.95.